The fourth-order valence-electron chi connectivity index (χ4n) is 3.16. The summed E-state index contributed by atoms with van der Waals surface area (Å²) in [6.45, 7) is 2.63. The van der Waals surface area contributed by atoms with Gasteiger partial charge in [-0.15, -0.1) is 0 Å². The molecule has 5 nitrogen and oxygen atoms in total. The molecule has 3 aliphatic rings. The maximum absolute atomic E-state index is 11.2. The number of nitrogens with zero attached hydrogens (tertiary/aromatic N) is 2. The van der Waals surface area contributed by atoms with Gasteiger partial charge in [-0.05, 0) is 37.7 Å². The molecule has 2 saturated heterocycles. The average Bonchev–Trinajstić information content (AvgIpc) is 2.42. The van der Waals surface area contributed by atoms with Crippen LogP contribution in [0.4, 0.5) is 4.79 Å². The fourth-order valence-corrected chi connectivity index (χ4v) is 3.16. The van der Waals surface area contributed by atoms with Crippen LogP contribution in [0, 0.1) is 12.8 Å². The first-order valence-corrected chi connectivity index (χ1v) is 6.72. The number of piperidine rings is 2. The van der Waals surface area contributed by atoms with Crippen molar-refractivity contribution < 1.29 is 14.6 Å². The normalized spacial score (nSPS) is 29.3. The van der Waals surface area contributed by atoms with Crippen LogP contribution >= 0.6 is 0 Å². The summed E-state index contributed by atoms with van der Waals surface area (Å²) in [6, 6.07) is 3.78. The lowest BCUT2D eigenvalue weighted by molar-refractivity contribution is -0.0326. The molecule has 3 fully saturated rings. The molecule has 0 aromatic carbocycles. The number of carbonyl (C=O) groups is 1. The monoisotopic (exact) mass is 262 g/mol. The van der Waals surface area contributed by atoms with Crippen LogP contribution in [-0.2, 0) is 0 Å². The van der Waals surface area contributed by atoms with Gasteiger partial charge in [0.1, 0.15) is 6.10 Å². The van der Waals surface area contributed by atoms with Crippen LogP contribution in [0.15, 0.2) is 18.3 Å². The van der Waals surface area contributed by atoms with Gasteiger partial charge in [-0.1, -0.05) is 6.07 Å². The van der Waals surface area contributed by atoms with Crippen molar-refractivity contribution in [2.75, 3.05) is 6.54 Å². The molecule has 1 aliphatic carbocycles. The number of pyridine rings is 1. The highest BCUT2D eigenvalue weighted by atomic mass is 16.5. The number of hydrogen-bond donors (Lipinski definition) is 1. The highest BCUT2D eigenvalue weighted by molar-refractivity contribution is 5.66. The summed E-state index contributed by atoms with van der Waals surface area (Å²) < 4.78 is 5.91. The number of ether oxygens (including phenoxy) is 1. The second kappa shape index (κ2) is 4.72. The minimum Gasteiger partial charge on any atom is -0.472 e. The molecule has 1 N–H and O–H groups in total. The maximum Gasteiger partial charge on any atom is 0.407 e. The molecular formula is C14H18N2O3. The lowest BCUT2D eigenvalue weighted by Gasteiger charge is -2.47. The van der Waals surface area contributed by atoms with Crippen molar-refractivity contribution in [3.05, 3.63) is 23.9 Å². The topological polar surface area (TPSA) is 62.7 Å². The van der Waals surface area contributed by atoms with E-state index in [1.54, 1.807) is 6.20 Å². The Balaban J connectivity index is 1.74. The first-order valence-electron chi connectivity index (χ1n) is 6.72. The van der Waals surface area contributed by atoms with Crippen LogP contribution in [0.5, 0.6) is 5.88 Å². The SMILES string of the molecule is Cc1ccc(OC2CC3CCC2N(C(=O)O)C3)nc1. The Morgan fingerprint density at radius 1 is 1.47 bits per heavy atom. The number of aryl methyl sites for hydroxylation is 1. The molecule has 0 radical (unpaired) electrons. The van der Waals surface area contributed by atoms with Crippen molar-refractivity contribution in [3.8, 4) is 5.88 Å². The minimum absolute atomic E-state index is 0.0226. The third-order valence-electron chi connectivity index (χ3n) is 4.12. The zero-order valence-corrected chi connectivity index (χ0v) is 11.0. The molecular weight excluding hydrogens is 244 g/mol. The molecule has 1 saturated carbocycles. The van der Waals surface area contributed by atoms with Gasteiger partial charge in [0, 0.05) is 18.8 Å². The van der Waals surface area contributed by atoms with Crippen molar-refractivity contribution in [1.29, 1.82) is 0 Å². The minimum atomic E-state index is -0.833. The molecule has 4 rings (SSSR count). The molecule has 3 atom stereocenters. The molecule has 3 unspecified atom stereocenters. The summed E-state index contributed by atoms with van der Waals surface area (Å²) in [6.07, 6.45) is 3.82. The quantitative estimate of drug-likeness (QED) is 0.888. The Hall–Kier alpha value is -1.78. The number of amides is 1. The van der Waals surface area contributed by atoms with Gasteiger partial charge in [0.25, 0.3) is 0 Å². The lowest BCUT2D eigenvalue weighted by Crippen LogP contribution is -2.59. The summed E-state index contributed by atoms with van der Waals surface area (Å²) in [5.41, 5.74) is 1.09. The molecule has 1 aromatic heterocycles. The Morgan fingerprint density at radius 2 is 2.32 bits per heavy atom. The zero-order valence-electron chi connectivity index (χ0n) is 11.0. The van der Waals surface area contributed by atoms with Gasteiger partial charge in [-0.2, -0.15) is 0 Å². The first-order chi connectivity index (χ1) is 9.13. The van der Waals surface area contributed by atoms with E-state index >= 15 is 0 Å². The summed E-state index contributed by atoms with van der Waals surface area (Å²) >= 11 is 0. The van der Waals surface area contributed by atoms with E-state index in [2.05, 4.69) is 4.98 Å². The molecule has 19 heavy (non-hydrogen) atoms. The van der Waals surface area contributed by atoms with Crippen LogP contribution in [0.25, 0.3) is 0 Å². The van der Waals surface area contributed by atoms with Gasteiger partial charge in [0.05, 0.1) is 6.04 Å². The Labute approximate surface area is 112 Å². The van der Waals surface area contributed by atoms with Crippen molar-refractivity contribution >= 4 is 6.09 Å². The summed E-state index contributed by atoms with van der Waals surface area (Å²) in [4.78, 5) is 17.0. The van der Waals surface area contributed by atoms with Gasteiger partial charge < -0.3 is 14.7 Å². The summed E-state index contributed by atoms with van der Waals surface area (Å²) in [5.74, 6) is 1.02. The van der Waals surface area contributed by atoms with E-state index in [-0.39, 0.29) is 12.1 Å². The molecule has 0 spiro atoms. The molecule has 2 aliphatic heterocycles. The Kier molecular flexibility index (Phi) is 3.05. The third kappa shape index (κ3) is 2.37. The molecule has 102 valence electrons. The van der Waals surface area contributed by atoms with E-state index in [4.69, 9.17) is 4.74 Å². The van der Waals surface area contributed by atoms with Crippen molar-refractivity contribution in [2.24, 2.45) is 5.92 Å². The number of hydrogen-bond acceptors (Lipinski definition) is 3. The van der Waals surface area contributed by atoms with Crippen LogP contribution < -0.4 is 4.74 Å². The Bertz CT molecular complexity index is 474. The largest absolute Gasteiger partial charge is 0.472 e. The molecule has 5 heteroatoms. The van der Waals surface area contributed by atoms with E-state index in [0.29, 0.717) is 18.3 Å². The van der Waals surface area contributed by atoms with E-state index < -0.39 is 6.09 Å². The number of aromatic nitrogens is 1. The first kappa shape index (κ1) is 12.3. The number of rotatable bonds is 2. The van der Waals surface area contributed by atoms with Crippen molar-refractivity contribution in [3.63, 3.8) is 0 Å². The summed E-state index contributed by atoms with van der Waals surface area (Å²) in [7, 11) is 0. The fraction of sp³-hybridized carbons (Fsp3) is 0.571. The van der Waals surface area contributed by atoms with Crippen LogP contribution in [0.1, 0.15) is 24.8 Å². The Morgan fingerprint density at radius 3 is 2.95 bits per heavy atom. The van der Waals surface area contributed by atoms with E-state index in [0.717, 1.165) is 24.8 Å². The van der Waals surface area contributed by atoms with Crippen LogP contribution in [0.3, 0.4) is 0 Å². The van der Waals surface area contributed by atoms with Crippen molar-refractivity contribution in [2.45, 2.75) is 38.3 Å². The van der Waals surface area contributed by atoms with Gasteiger partial charge in [0.2, 0.25) is 5.88 Å². The van der Waals surface area contributed by atoms with E-state index in [1.807, 2.05) is 19.1 Å². The van der Waals surface area contributed by atoms with Gasteiger partial charge >= 0.3 is 6.09 Å². The van der Waals surface area contributed by atoms with Crippen LogP contribution in [-0.4, -0.2) is 39.8 Å². The maximum atomic E-state index is 11.2. The second-order valence-corrected chi connectivity index (χ2v) is 5.51. The highest BCUT2D eigenvalue weighted by Crippen LogP contribution is 2.36. The van der Waals surface area contributed by atoms with Gasteiger partial charge in [-0.25, -0.2) is 9.78 Å². The standard InChI is InChI=1S/C14H18N2O3/c1-9-2-5-13(15-7-9)19-12-6-10-3-4-11(12)16(8-10)14(17)18/h2,5,7,10-12H,3-4,6,8H2,1H3,(H,17,18). The number of carboxylic acid groups (broad SMARTS) is 1. The predicted molar refractivity (Wildman–Crippen MR) is 69.2 cm³/mol. The van der Waals surface area contributed by atoms with Crippen molar-refractivity contribution in [1.82, 2.24) is 9.88 Å². The summed E-state index contributed by atoms with van der Waals surface area (Å²) in [5, 5.41) is 9.24. The third-order valence-corrected chi connectivity index (χ3v) is 4.12. The molecule has 3 heterocycles. The van der Waals surface area contributed by atoms with E-state index in [9.17, 15) is 9.90 Å². The zero-order chi connectivity index (χ0) is 13.4. The van der Waals surface area contributed by atoms with Crippen LogP contribution in [0.2, 0.25) is 0 Å². The molecule has 1 aromatic rings. The predicted octanol–water partition coefficient (Wildman–Crippen LogP) is 2.30. The van der Waals surface area contributed by atoms with E-state index in [1.165, 1.54) is 4.90 Å². The van der Waals surface area contributed by atoms with Gasteiger partial charge in [-0.3, -0.25) is 0 Å². The van der Waals surface area contributed by atoms with Gasteiger partial charge in [0.15, 0.2) is 0 Å². The highest BCUT2D eigenvalue weighted by Gasteiger charge is 2.44. The molecule has 1 amide bonds. The molecule has 2 bridgehead atoms. The number of fused-ring (bicyclic) bond motifs is 3. The lowest BCUT2D eigenvalue weighted by atomic mass is 9.78. The second-order valence-electron chi connectivity index (χ2n) is 5.51. The smallest absolute Gasteiger partial charge is 0.407 e. The average molecular weight is 262 g/mol.